The van der Waals surface area contributed by atoms with Crippen molar-refractivity contribution < 1.29 is 26.3 Å². The second-order valence-corrected chi connectivity index (χ2v) is 9.18. The first kappa shape index (κ1) is 20.2. The molecule has 5 nitrogen and oxygen atoms in total. The second-order valence-electron chi connectivity index (χ2n) is 7.29. The Kier molecular flexibility index (Phi) is 5.30. The summed E-state index contributed by atoms with van der Waals surface area (Å²) in [7, 11) is -3.88. The lowest BCUT2D eigenvalue weighted by Gasteiger charge is -2.41. The Bertz CT molecular complexity index is 945. The Morgan fingerprint density at radius 1 is 0.931 bits per heavy atom. The molecule has 1 atom stereocenters. The summed E-state index contributed by atoms with van der Waals surface area (Å²) in [5, 5.41) is 0. The lowest BCUT2D eigenvalue weighted by Crippen LogP contribution is -2.51. The lowest BCUT2D eigenvalue weighted by molar-refractivity contribution is -0.274. The van der Waals surface area contributed by atoms with E-state index in [1.165, 1.54) is 4.31 Å². The first-order valence-electron chi connectivity index (χ1n) is 9.41. The molecule has 2 fully saturated rings. The predicted molar refractivity (Wildman–Crippen MR) is 101 cm³/mol. The molecule has 156 valence electrons. The number of ether oxygens (including phenoxy) is 1. The molecule has 2 aromatic rings. The number of piperazine rings is 1. The maximum Gasteiger partial charge on any atom is 0.573 e. The highest BCUT2D eigenvalue weighted by Crippen LogP contribution is 2.36. The molecule has 1 saturated carbocycles. The zero-order valence-corrected chi connectivity index (χ0v) is 16.4. The highest BCUT2D eigenvalue weighted by atomic mass is 32.2. The Balaban J connectivity index is 1.61. The van der Waals surface area contributed by atoms with Gasteiger partial charge in [0.15, 0.2) is 0 Å². The third kappa shape index (κ3) is 4.57. The smallest absolute Gasteiger partial charge is 0.406 e. The normalized spacial score (nSPS) is 21.8. The minimum Gasteiger partial charge on any atom is -0.406 e. The van der Waals surface area contributed by atoms with Crippen molar-refractivity contribution in [1.82, 2.24) is 9.21 Å². The average molecular weight is 426 g/mol. The molecule has 0 N–H and O–H groups in total. The molecule has 0 radical (unpaired) electrons. The third-order valence-electron chi connectivity index (χ3n) is 5.27. The first-order chi connectivity index (χ1) is 13.7. The number of nitrogens with zero attached hydrogens (tertiary/aromatic N) is 2. The van der Waals surface area contributed by atoms with Gasteiger partial charge in [0.25, 0.3) is 0 Å². The Morgan fingerprint density at radius 3 is 2.17 bits per heavy atom. The minimum absolute atomic E-state index is 0.0483. The van der Waals surface area contributed by atoms with Gasteiger partial charge in [-0.25, -0.2) is 8.42 Å². The Morgan fingerprint density at radius 2 is 1.59 bits per heavy atom. The molecular weight excluding hydrogens is 405 g/mol. The predicted octanol–water partition coefficient (Wildman–Crippen LogP) is 3.80. The van der Waals surface area contributed by atoms with E-state index in [1.54, 1.807) is 0 Å². The van der Waals surface area contributed by atoms with E-state index >= 15 is 0 Å². The van der Waals surface area contributed by atoms with Crippen LogP contribution in [0.4, 0.5) is 13.2 Å². The Hall–Kier alpha value is -2.10. The van der Waals surface area contributed by atoms with Gasteiger partial charge in [0.05, 0.1) is 10.9 Å². The fourth-order valence-corrected chi connectivity index (χ4v) is 5.34. The van der Waals surface area contributed by atoms with Gasteiger partial charge in [0, 0.05) is 25.7 Å². The summed E-state index contributed by atoms with van der Waals surface area (Å²) in [5.74, 6) is -0.449. The van der Waals surface area contributed by atoms with Crippen molar-refractivity contribution in [3.05, 3.63) is 60.2 Å². The van der Waals surface area contributed by atoms with Gasteiger partial charge in [-0.15, -0.1) is 13.2 Å². The van der Waals surface area contributed by atoms with E-state index in [-0.39, 0.29) is 10.9 Å². The maximum absolute atomic E-state index is 13.3. The molecule has 29 heavy (non-hydrogen) atoms. The standard InChI is InChI=1S/C20H21F3N2O3S/c21-20(22,23)28-17-8-10-18(11-9-17)29(26,27)25-13-12-24(16-6-7-16)14-19(25)15-4-2-1-3-5-15/h1-5,8-11,16,19H,6-7,12-14H2. The Labute approximate surface area is 167 Å². The molecule has 1 aliphatic heterocycles. The van der Waals surface area contributed by atoms with Crippen LogP contribution >= 0.6 is 0 Å². The third-order valence-corrected chi connectivity index (χ3v) is 7.20. The van der Waals surface area contributed by atoms with Crippen LogP contribution in [0.1, 0.15) is 24.4 Å². The largest absolute Gasteiger partial charge is 0.573 e. The number of hydrogen-bond donors (Lipinski definition) is 0. The van der Waals surface area contributed by atoms with Gasteiger partial charge in [-0.3, -0.25) is 4.90 Å². The van der Waals surface area contributed by atoms with Gasteiger partial charge < -0.3 is 4.74 Å². The van der Waals surface area contributed by atoms with Crippen LogP contribution in [-0.4, -0.2) is 49.7 Å². The summed E-state index contributed by atoms with van der Waals surface area (Å²) >= 11 is 0. The van der Waals surface area contributed by atoms with Gasteiger partial charge in [-0.2, -0.15) is 4.31 Å². The highest BCUT2D eigenvalue weighted by Gasteiger charge is 2.41. The molecule has 0 bridgehead atoms. The zero-order valence-electron chi connectivity index (χ0n) is 15.5. The van der Waals surface area contributed by atoms with E-state index in [0.717, 1.165) is 42.7 Å². The van der Waals surface area contributed by atoms with Crippen molar-refractivity contribution in [3.8, 4) is 5.75 Å². The summed E-state index contributed by atoms with van der Waals surface area (Å²) in [5.41, 5.74) is 0.901. The summed E-state index contributed by atoms with van der Waals surface area (Å²) in [6.45, 7) is 1.57. The SMILES string of the molecule is O=S(=O)(c1ccc(OC(F)(F)F)cc1)N1CCN(C2CC2)CC1c1ccccc1. The number of rotatable bonds is 5. The van der Waals surface area contributed by atoms with Gasteiger partial charge in [-0.05, 0) is 42.7 Å². The molecule has 2 aromatic carbocycles. The van der Waals surface area contributed by atoms with Crippen molar-refractivity contribution in [3.63, 3.8) is 0 Å². The zero-order chi connectivity index (χ0) is 20.6. The summed E-state index contributed by atoms with van der Waals surface area (Å²) in [6, 6.07) is 14.0. The van der Waals surface area contributed by atoms with E-state index in [9.17, 15) is 21.6 Å². The van der Waals surface area contributed by atoms with E-state index in [0.29, 0.717) is 25.7 Å². The lowest BCUT2D eigenvalue weighted by atomic mass is 10.0. The molecule has 0 aromatic heterocycles. The highest BCUT2D eigenvalue weighted by molar-refractivity contribution is 7.89. The number of halogens is 3. The molecule has 1 saturated heterocycles. The van der Waals surface area contributed by atoms with Crippen LogP contribution in [0.15, 0.2) is 59.5 Å². The molecule has 4 rings (SSSR count). The van der Waals surface area contributed by atoms with Crippen molar-refractivity contribution >= 4 is 10.0 Å². The maximum atomic E-state index is 13.3. The number of benzene rings is 2. The van der Waals surface area contributed by atoms with Crippen LogP contribution in [0, 0.1) is 0 Å². The van der Waals surface area contributed by atoms with Crippen molar-refractivity contribution in [2.45, 2.75) is 36.2 Å². The fraction of sp³-hybridized carbons (Fsp3) is 0.400. The summed E-state index contributed by atoms with van der Waals surface area (Å²) in [6.07, 6.45) is -2.55. The van der Waals surface area contributed by atoms with Crippen LogP contribution in [0.5, 0.6) is 5.75 Å². The monoisotopic (exact) mass is 426 g/mol. The van der Waals surface area contributed by atoms with Gasteiger partial charge in [-0.1, -0.05) is 30.3 Å². The molecule has 0 amide bonds. The molecular formula is C20H21F3N2O3S. The molecule has 1 heterocycles. The summed E-state index contributed by atoms with van der Waals surface area (Å²) in [4.78, 5) is 2.28. The van der Waals surface area contributed by atoms with Crippen LogP contribution in [-0.2, 0) is 10.0 Å². The van der Waals surface area contributed by atoms with Gasteiger partial charge in [0.2, 0.25) is 10.0 Å². The average Bonchev–Trinajstić information content (AvgIpc) is 3.53. The van der Waals surface area contributed by atoms with Crippen molar-refractivity contribution in [2.75, 3.05) is 19.6 Å². The molecule has 9 heteroatoms. The van der Waals surface area contributed by atoms with Crippen LogP contribution < -0.4 is 4.74 Å². The topological polar surface area (TPSA) is 49.9 Å². The van der Waals surface area contributed by atoms with Crippen molar-refractivity contribution in [1.29, 1.82) is 0 Å². The molecule has 2 aliphatic rings. The quantitative estimate of drug-likeness (QED) is 0.730. The van der Waals surface area contributed by atoms with E-state index in [4.69, 9.17) is 0 Å². The van der Waals surface area contributed by atoms with Crippen LogP contribution in [0.3, 0.4) is 0 Å². The van der Waals surface area contributed by atoms with Crippen LogP contribution in [0.25, 0.3) is 0 Å². The van der Waals surface area contributed by atoms with E-state index < -0.39 is 22.1 Å². The van der Waals surface area contributed by atoms with E-state index in [1.807, 2.05) is 30.3 Å². The summed E-state index contributed by atoms with van der Waals surface area (Å²) < 4.78 is 69.0. The van der Waals surface area contributed by atoms with Gasteiger partial charge in [0.1, 0.15) is 5.75 Å². The van der Waals surface area contributed by atoms with Gasteiger partial charge >= 0.3 is 6.36 Å². The van der Waals surface area contributed by atoms with E-state index in [2.05, 4.69) is 9.64 Å². The molecule has 1 unspecified atom stereocenters. The minimum atomic E-state index is -4.82. The molecule has 0 spiro atoms. The van der Waals surface area contributed by atoms with Crippen molar-refractivity contribution in [2.24, 2.45) is 0 Å². The number of hydrogen-bond acceptors (Lipinski definition) is 4. The second kappa shape index (κ2) is 7.62. The number of alkyl halides is 3. The fourth-order valence-electron chi connectivity index (χ4n) is 3.74. The van der Waals surface area contributed by atoms with Crippen LogP contribution in [0.2, 0.25) is 0 Å². The number of sulfonamides is 1. The molecule has 1 aliphatic carbocycles. The first-order valence-corrected chi connectivity index (χ1v) is 10.8.